The zero-order valence-corrected chi connectivity index (χ0v) is 13.2. The van der Waals surface area contributed by atoms with E-state index in [2.05, 4.69) is 23.8 Å². The first-order valence-corrected chi connectivity index (χ1v) is 7.70. The van der Waals surface area contributed by atoms with Crippen LogP contribution in [-0.4, -0.2) is 21.9 Å². The number of halogens is 2. The number of benzene rings is 1. The van der Waals surface area contributed by atoms with Crippen LogP contribution in [-0.2, 0) is 17.8 Å². The van der Waals surface area contributed by atoms with Crippen molar-refractivity contribution in [3.63, 3.8) is 0 Å². The lowest BCUT2D eigenvalue weighted by Gasteiger charge is -2.35. The number of amides is 1. The molecule has 0 fully saturated rings. The number of nitrogens with zero attached hydrogens (tertiary/aromatic N) is 2. The molecule has 3 rings (SSSR count). The second kappa shape index (κ2) is 5.74. The molecule has 1 aromatic heterocycles. The van der Waals surface area contributed by atoms with E-state index in [1.165, 1.54) is 5.69 Å². The van der Waals surface area contributed by atoms with Gasteiger partial charge in [-0.15, -0.1) is 0 Å². The van der Waals surface area contributed by atoms with E-state index >= 15 is 0 Å². The third-order valence-electron chi connectivity index (χ3n) is 4.02. The van der Waals surface area contributed by atoms with Crippen LogP contribution < -0.4 is 0 Å². The number of carbonyl (C=O) groups excluding carboxylic acids is 1. The van der Waals surface area contributed by atoms with Crippen molar-refractivity contribution < 1.29 is 4.79 Å². The number of fused-ring (bicyclic) bond motifs is 1. The average molecular weight is 323 g/mol. The van der Waals surface area contributed by atoms with Gasteiger partial charge in [0.2, 0.25) is 5.91 Å². The van der Waals surface area contributed by atoms with Gasteiger partial charge in [-0.1, -0.05) is 29.3 Å². The third kappa shape index (κ3) is 2.81. The topological polar surface area (TPSA) is 25.2 Å². The lowest BCUT2D eigenvalue weighted by atomic mass is 10.1. The van der Waals surface area contributed by atoms with E-state index in [-0.39, 0.29) is 11.9 Å². The Hall–Kier alpha value is -1.45. The lowest BCUT2D eigenvalue weighted by Crippen LogP contribution is -2.41. The zero-order valence-electron chi connectivity index (χ0n) is 11.7. The predicted octanol–water partition coefficient (Wildman–Crippen LogP) is 3.94. The summed E-state index contributed by atoms with van der Waals surface area (Å²) in [4.78, 5) is 14.5. The maximum Gasteiger partial charge on any atom is 0.227 e. The Labute approximate surface area is 134 Å². The van der Waals surface area contributed by atoms with E-state index in [0.717, 1.165) is 18.7 Å². The van der Waals surface area contributed by atoms with Gasteiger partial charge < -0.3 is 9.47 Å². The fourth-order valence-electron chi connectivity index (χ4n) is 2.85. The van der Waals surface area contributed by atoms with Crippen molar-refractivity contribution in [2.24, 2.45) is 0 Å². The fourth-order valence-corrected chi connectivity index (χ4v) is 3.32. The van der Waals surface area contributed by atoms with Crippen LogP contribution in [0.3, 0.4) is 0 Å². The molecule has 0 radical (unpaired) electrons. The SMILES string of the molecule is CC1c2cccn2CCN1C(=O)Cc1ccc(Cl)cc1Cl. The van der Waals surface area contributed by atoms with Crippen molar-refractivity contribution >= 4 is 29.1 Å². The molecule has 110 valence electrons. The van der Waals surface area contributed by atoms with Gasteiger partial charge in [-0.05, 0) is 36.8 Å². The van der Waals surface area contributed by atoms with Crippen molar-refractivity contribution in [2.75, 3.05) is 6.54 Å². The molecular weight excluding hydrogens is 307 g/mol. The highest BCUT2D eigenvalue weighted by Crippen LogP contribution is 2.27. The molecule has 2 aromatic rings. The highest BCUT2D eigenvalue weighted by atomic mass is 35.5. The summed E-state index contributed by atoms with van der Waals surface area (Å²) in [5.41, 5.74) is 2.00. The predicted molar refractivity (Wildman–Crippen MR) is 84.7 cm³/mol. The van der Waals surface area contributed by atoms with Crippen LogP contribution in [0, 0.1) is 0 Å². The number of carbonyl (C=O) groups is 1. The van der Waals surface area contributed by atoms with Gasteiger partial charge in [-0.25, -0.2) is 0 Å². The fraction of sp³-hybridized carbons (Fsp3) is 0.312. The summed E-state index contributed by atoms with van der Waals surface area (Å²) in [6, 6.07) is 9.44. The van der Waals surface area contributed by atoms with Crippen LogP contribution in [0.1, 0.15) is 24.2 Å². The quantitative estimate of drug-likeness (QED) is 0.822. The van der Waals surface area contributed by atoms with Crippen LogP contribution in [0.15, 0.2) is 36.5 Å². The van der Waals surface area contributed by atoms with Gasteiger partial charge in [0.25, 0.3) is 0 Å². The first-order valence-electron chi connectivity index (χ1n) is 6.94. The largest absolute Gasteiger partial charge is 0.348 e. The zero-order chi connectivity index (χ0) is 15.0. The van der Waals surface area contributed by atoms with Gasteiger partial charge in [0, 0.05) is 35.0 Å². The van der Waals surface area contributed by atoms with Gasteiger partial charge in [0.15, 0.2) is 0 Å². The van der Waals surface area contributed by atoms with Gasteiger partial charge in [0.1, 0.15) is 0 Å². The van der Waals surface area contributed by atoms with Crippen LogP contribution >= 0.6 is 23.2 Å². The van der Waals surface area contributed by atoms with Crippen molar-refractivity contribution in [3.8, 4) is 0 Å². The van der Waals surface area contributed by atoms with E-state index in [0.29, 0.717) is 16.5 Å². The molecule has 1 amide bonds. The Kier molecular flexibility index (Phi) is 3.96. The summed E-state index contributed by atoms with van der Waals surface area (Å²) >= 11 is 12.0. The second-order valence-corrected chi connectivity index (χ2v) is 6.15. The summed E-state index contributed by atoms with van der Waals surface area (Å²) in [5, 5.41) is 1.13. The number of rotatable bonds is 2. The molecule has 21 heavy (non-hydrogen) atoms. The summed E-state index contributed by atoms with van der Waals surface area (Å²) in [6.45, 7) is 3.63. The Balaban J connectivity index is 1.77. The number of aromatic nitrogens is 1. The molecule has 1 aromatic carbocycles. The van der Waals surface area contributed by atoms with E-state index in [4.69, 9.17) is 23.2 Å². The monoisotopic (exact) mass is 322 g/mol. The molecule has 1 aliphatic rings. The Morgan fingerprint density at radius 2 is 2.10 bits per heavy atom. The molecule has 1 unspecified atom stereocenters. The van der Waals surface area contributed by atoms with Crippen molar-refractivity contribution in [1.82, 2.24) is 9.47 Å². The van der Waals surface area contributed by atoms with Crippen LogP contribution in [0.5, 0.6) is 0 Å². The smallest absolute Gasteiger partial charge is 0.227 e. The molecule has 0 saturated heterocycles. The molecule has 0 saturated carbocycles. The first-order chi connectivity index (χ1) is 10.1. The Bertz CT molecular complexity index is 681. The number of hydrogen-bond donors (Lipinski definition) is 0. The van der Waals surface area contributed by atoms with Gasteiger partial charge in [-0.3, -0.25) is 4.79 Å². The summed E-state index contributed by atoms with van der Waals surface area (Å²) in [6.07, 6.45) is 2.37. The maximum atomic E-state index is 12.6. The molecule has 3 nitrogen and oxygen atoms in total. The molecule has 0 N–H and O–H groups in total. The molecule has 0 bridgehead atoms. The van der Waals surface area contributed by atoms with Gasteiger partial charge in [0.05, 0.1) is 12.5 Å². The molecule has 1 atom stereocenters. The molecule has 1 aliphatic heterocycles. The van der Waals surface area contributed by atoms with Gasteiger partial charge in [-0.2, -0.15) is 0 Å². The van der Waals surface area contributed by atoms with Crippen molar-refractivity contribution in [3.05, 3.63) is 57.8 Å². The van der Waals surface area contributed by atoms with Crippen molar-refractivity contribution in [2.45, 2.75) is 25.9 Å². The van der Waals surface area contributed by atoms with Crippen molar-refractivity contribution in [1.29, 1.82) is 0 Å². The Morgan fingerprint density at radius 3 is 2.86 bits per heavy atom. The second-order valence-electron chi connectivity index (χ2n) is 5.30. The first kappa shape index (κ1) is 14.5. The standard InChI is InChI=1S/C16H16Cl2N2O/c1-11-15-3-2-6-19(15)7-8-20(11)16(21)9-12-4-5-13(17)10-14(12)18/h2-6,10-11H,7-9H2,1H3. The average Bonchev–Trinajstić information content (AvgIpc) is 2.91. The number of hydrogen-bond acceptors (Lipinski definition) is 1. The normalized spacial score (nSPS) is 17.7. The Morgan fingerprint density at radius 1 is 1.29 bits per heavy atom. The summed E-state index contributed by atoms with van der Waals surface area (Å²) in [5.74, 6) is 0.0965. The van der Waals surface area contributed by atoms with Crippen LogP contribution in [0.4, 0.5) is 0 Å². The summed E-state index contributed by atoms with van der Waals surface area (Å²) < 4.78 is 2.20. The maximum absolute atomic E-state index is 12.6. The molecular formula is C16H16Cl2N2O. The minimum absolute atomic E-state index is 0.0901. The van der Waals surface area contributed by atoms with Crippen LogP contribution in [0.2, 0.25) is 10.0 Å². The minimum Gasteiger partial charge on any atom is -0.348 e. The minimum atomic E-state index is 0.0901. The summed E-state index contributed by atoms with van der Waals surface area (Å²) in [7, 11) is 0. The molecule has 0 spiro atoms. The molecule has 0 aliphatic carbocycles. The highest BCUT2D eigenvalue weighted by Gasteiger charge is 2.27. The van der Waals surface area contributed by atoms with E-state index in [1.54, 1.807) is 12.1 Å². The van der Waals surface area contributed by atoms with E-state index in [9.17, 15) is 4.79 Å². The van der Waals surface area contributed by atoms with E-state index in [1.807, 2.05) is 17.0 Å². The molecule has 5 heteroatoms. The van der Waals surface area contributed by atoms with Crippen LogP contribution in [0.25, 0.3) is 0 Å². The highest BCUT2D eigenvalue weighted by molar-refractivity contribution is 6.35. The third-order valence-corrected chi connectivity index (χ3v) is 4.61. The van der Waals surface area contributed by atoms with Gasteiger partial charge >= 0.3 is 0 Å². The molecule has 2 heterocycles. The van der Waals surface area contributed by atoms with E-state index < -0.39 is 0 Å². The lowest BCUT2D eigenvalue weighted by molar-refractivity contribution is -0.133.